The van der Waals surface area contributed by atoms with E-state index in [4.69, 9.17) is 5.73 Å². The van der Waals surface area contributed by atoms with Crippen LogP contribution >= 0.6 is 11.3 Å². The van der Waals surface area contributed by atoms with Crippen molar-refractivity contribution >= 4 is 34.3 Å². The number of aromatic nitrogens is 1. The highest BCUT2D eigenvalue weighted by Crippen LogP contribution is 2.36. The molecule has 0 atom stereocenters. The summed E-state index contributed by atoms with van der Waals surface area (Å²) >= 11 is 1.62. The number of rotatable bonds is 4. The van der Waals surface area contributed by atoms with E-state index < -0.39 is 5.97 Å². The van der Waals surface area contributed by atoms with Crippen LogP contribution < -0.4 is 5.73 Å². The first-order valence-electron chi connectivity index (χ1n) is 8.30. The third-order valence-electron chi connectivity index (χ3n) is 4.62. The zero-order valence-corrected chi connectivity index (χ0v) is 15.3. The van der Waals surface area contributed by atoms with Gasteiger partial charge in [0.15, 0.2) is 0 Å². The van der Waals surface area contributed by atoms with Gasteiger partial charge in [-0.05, 0) is 54.3 Å². The van der Waals surface area contributed by atoms with Crippen molar-refractivity contribution in [3.8, 4) is 10.4 Å². The molecule has 5 nitrogen and oxygen atoms in total. The number of thiophene rings is 1. The number of nitrogen functional groups attached to an aromatic ring is 1. The number of nitrogens with two attached hydrogens (primary N) is 1. The molecule has 0 radical (unpaired) electrons. The summed E-state index contributed by atoms with van der Waals surface area (Å²) < 4.78 is 1.86. The lowest BCUT2D eigenvalue weighted by Crippen LogP contribution is -2.10. The van der Waals surface area contributed by atoms with E-state index >= 15 is 0 Å². The van der Waals surface area contributed by atoms with E-state index in [1.54, 1.807) is 17.4 Å². The lowest BCUT2D eigenvalue weighted by atomic mass is 10.0. The van der Waals surface area contributed by atoms with Crippen LogP contribution in [-0.2, 0) is 0 Å². The van der Waals surface area contributed by atoms with Crippen molar-refractivity contribution in [1.29, 1.82) is 0 Å². The highest BCUT2D eigenvalue weighted by Gasteiger charge is 2.23. The lowest BCUT2D eigenvalue weighted by Gasteiger charge is -2.07. The van der Waals surface area contributed by atoms with E-state index in [-0.39, 0.29) is 17.0 Å². The molecule has 1 aromatic carbocycles. The van der Waals surface area contributed by atoms with Crippen molar-refractivity contribution in [2.45, 2.75) is 6.92 Å². The molecule has 0 saturated carbocycles. The molecule has 134 valence electrons. The molecular formula is C21H16N2O3S. The Morgan fingerprint density at radius 2 is 1.93 bits per heavy atom. The van der Waals surface area contributed by atoms with E-state index in [2.05, 4.69) is 0 Å². The summed E-state index contributed by atoms with van der Waals surface area (Å²) in [4.78, 5) is 25.8. The van der Waals surface area contributed by atoms with Gasteiger partial charge in [-0.3, -0.25) is 4.79 Å². The van der Waals surface area contributed by atoms with Crippen LogP contribution in [0.3, 0.4) is 0 Å². The molecule has 3 N–H and O–H groups in total. The van der Waals surface area contributed by atoms with Crippen molar-refractivity contribution in [2.24, 2.45) is 0 Å². The minimum absolute atomic E-state index is 0.0714. The van der Waals surface area contributed by atoms with E-state index in [9.17, 15) is 14.7 Å². The van der Waals surface area contributed by atoms with Gasteiger partial charge in [-0.15, -0.1) is 11.3 Å². The van der Waals surface area contributed by atoms with Gasteiger partial charge in [-0.1, -0.05) is 12.1 Å². The smallest absolute Gasteiger partial charge is 0.337 e. The summed E-state index contributed by atoms with van der Waals surface area (Å²) in [5, 5.41) is 11.3. The molecule has 3 heterocycles. The molecule has 0 bridgehead atoms. The van der Waals surface area contributed by atoms with Gasteiger partial charge in [-0.25, -0.2) is 4.79 Å². The number of fused-ring (bicyclic) bond motifs is 1. The average Bonchev–Trinajstić information content (AvgIpc) is 3.26. The number of hydrogen-bond acceptors (Lipinski definition) is 4. The van der Waals surface area contributed by atoms with Gasteiger partial charge in [0.2, 0.25) is 5.78 Å². The number of hydrogen-bond donors (Lipinski definition) is 2. The largest absolute Gasteiger partial charge is 0.478 e. The first-order chi connectivity index (χ1) is 13.0. The number of nitrogens with zero attached hydrogens (tertiary/aromatic N) is 1. The molecule has 4 aromatic rings. The Morgan fingerprint density at radius 3 is 2.63 bits per heavy atom. The predicted octanol–water partition coefficient (Wildman–Crippen LogP) is 4.49. The Balaban J connectivity index is 1.95. The zero-order chi connectivity index (χ0) is 19.1. The number of ketones is 1. The first kappa shape index (κ1) is 17.1. The predicted molar refractivity (Wildman–Crippen MR) is 107 cm³/mol. The Labute approximate surface area is 159 Å². The number of aromatic carboxylic acids is 1. The fourth-order valence-electron chi connectivity index (χ4n) is 3.36. The van der Waals surface area contributed by atoms with Crippen LogP contribution in [0.4, 0.5) is 5.69 Å². The van der Waals surface area contributed by atoms with Crippen LogP contribution in [0.15, 0.2) is 60.1 Å². The van der Waals surface area contributed by atoms with Crippen molar-refractivity contribution in [1.82, 2.24) is 4.40 Å². The van der Waals surface area contributed by atoms with Crippen LogP contribution in [0, 0.1) is 6.92 Å². The number of benzene rings is 1. The maximum absolute atomic E-state index is 13.3. The molecule has 0 amide bonds. The van der Waals surface area contributed by atoms with Gasteiger partial charge < -0.3 is 15.2 Å². The monoisotopic (exact) mass is 376 g/mol. The van der Waals surface area contributed by atoms with Gasteiger partial charge in [0.25, 0.3) is 0 Å². The molecule has 0 spiro atoms. The second kappa shape index (κ2) is 6.41. The third kappa shape index (κ3) is 2.71. The van der Waals surface area contributed by atoms with Gasteiger partial charge in [0.1, 0.15) is 0 Å². The van der Waals surface area contributed by atoms with E-state index in [1.165, 1.54) is 12.1 Å². The highest BCUT2D eigenvalue weighted by molar-refractivity contribution is 7.13. The molecule has 6 heteroatoms. The van der Waals surface area contributed by atoms with Crippen LogP contribution in [0.1, 0.15) is 32.0 Å². The molecule has 27 heavy (non-hydrogen) atoms. The number of carbonyl (C=O) groups is 2. The Morgan fingerprint density at radius 1 is 1.11 bits per heavy atom. The number of carboxylic acid groups (broad SMARTS) is 1. The van der Waals surface area contributed by atoms with Crippen molar-refractivity contribution in [3.05, 3.63) is 82.5 Å². The Bertz CT molecular complexity index is 1190. The number of anilines is 1. The average molecular weight is 376 g/mol. The van der Waals surface area contributed by atoms with Crippen molar-refractivity contribution < 1.29 is 14.7 Å². The summed E-state index contributed by atoms with van der Waals surface area (Å²) in [6.07, 6.45) is 1.85. The summed E-state index contributed by atoms with van der Waals surface area (Å²) in [5.74, 6) is -1.39. The number of carboxylic acids is 1. The van der Waals surface area contributed by atoms with Gasteiger partial charge in [0, 0.05) is 27.9 Å². The molecule has 0 aliphatic heterocycles. The van der Waals surface area contributed by atoms with E-state index in [1.807, 2.05) is 53.2 Å². The Hall–Kier alpha value is -3.38. The molecule has 0 fully saturated rings. The summed E-state index contributed by atoms with van der Waals surface area (Å²) in [5.41, 5.74) is 9.42. The van der Waals surface area contributed by atoms with Crippen LogP contribution in [0.5, 0.6) is 0 Å². The second-order valence-electron chi connectivity index (χ2n) is 6.22. The standard InChI is InChI=1S/C21H16N2O3S/c1-12-18(17-6-4-10-27-17)16-5-2-3-9-23(16)19(12)20(24)13-7-8-15(22)14(11-13)21(25)26/h2-11H,22H2,1H3,(H,25,26). The SMILES string of the molecule is Cc1c(-c2cccs2)c2ccccn2c1C(=O)c1ccc(N)c(C(=O)O)c1. The van der Waals surface area contributed by atoms with Crippen LogP contribution in [-0.4, -0.2) is 21.3 Å². The third-order valence-corrected chi connectivity index (χ3v) is 5.50. The normalized spacial score (nSPS) is 11.0. The van der Waals surface area contributed by atoms with Crippen LogP contribution in [0.2, 0.25) is 0 Å². The topological polar surface area (TPSA) is 84.8 Å². The Kier molecular flexibility index (Phi) is 4.05. The fourth-order valence-corrected chi connectivity index (χ4v) is 4.20. The lowest BCUT2D eigenvalue weighted by molar-refractivity contribution is 0.0698. The molecule has 0 saturated heterocycles. The maximum Gasteiger partial charge on any atom is 0.337 e. The highest BCUT2D eigenvalue weighted by atomic mass is 32.1. The van der Waals surface area contributed by atoms with Gasteiger partial charge >= 0.3 is 5.97 Å². The number of carbonyl (C=O) groups excluding carboxylic acids is 1. The molecule has 4 rings (SSSR count). The van der Waals surface area contributed by atoms with Crippen molar-refractivity contribution in [3.63, 3.8) is 0 Å². The van der Waals surface area contributed by atoms with Crippen LogP contribution in [0.25, 0.3) is 16.0 Å². The summed E-state index contributed by atoms with van der Waals surface area (Å²) in [7, 11) is 0. The van der Waals surface area contributed by atoms with E-state index in [0.717, 1.165) is 21.5 Å². The molecule has 0 aliphatic carbocycles. The quantitative estimate of drug-likeness (QED) is 0.406. The van der Waals surface area contributed by atoms with Crippen molar-refractivity contribution in [2.75, 3.05) is 5.73 Å². The molecule has 3 aromatic heterocycles. The summed E-state index contributed by atoms with van der Waals surface area (Å²) in [6.45, 7) is 1.92. The van der Waals surface area contributed by atoms with E-state index in [0.29, 0.717) is 11.3 Å². The minimum atomic E-state index is -1.15. The van der Waals surface area contributed by atoms with Gasteiger partial charge in [0.05, 0.1) is 16.8 Å². The maximum atomic E-state index is 13.3. The molecular weight excluding hydrogens is 360 g/mol. The zero-order valence-electron chi connectivity index (χ0n) is 14.5. The van der Waals surface area contributed by atoms with Gasteiger partial charge in [-0.2, -0.15) is 0 Å². The second-order valence-corrected chi connectivity index (χ2v) is 7.17. The molecule has 0 aliphatic rings. The number of pyridine rings is 1. The summed E-state index contributed by atoms with van der Waals surface area (Å²) in [6, 6.07) is 14.2. The fraction of sp³-hybridized carbons (Fsp3) is 0.0476. The minimum Gasteiger partial charge on any atom is -0.478 e. The molecule has 0 unspecified atom stereocenters. The first-order valence-corrected chi connectivity index (χ1v) is 9.18.